The molecule has 10 atom stereocenters. The summed E-state index contributed by atoms with van der Waals surface area (Å²) in [5.41, 5.74) is 85.9. The van der Waals surface area contributed by atoms with E-state index in [0.717, 1.165) is 0 Å². The molecule has 11 amide bonds. The number of carbonyl (C=O) groups excluding carboxylic acids is 11. The van der Waals surface area contributed by atoms with Gasteiger partial charge in [0.15, 0.2) is 35.8 Å². The van der Waals surface area contributed by atoms with Crippen molar-refractivity contribution in [2.45, 2.75) is 190 Å². The summed E-state index contributed by atoms with van der Waals surface area (Å²) in [5, 5.41) is 34.7. The number of nitrogens with two attached hydrogens (primary N) is 15. The summed E-state index contributed by atoms with van der Waals surface area (Å²) in [6, 6.07) is -12.7. The van der Waals surface area contributed by atoms with E-state index in [1.54, 1.807) is 0 Å². The van der Waals surface area contributed by atoms with Crippen molar-refractivity contribution in [2.24, 2.45) is 116 Å². The summed E-state index contributed by atoms with van der Waals surface area (Å²) in [7, 11) is 0. The van der Waals surface area contributed by atoms with E-state index in [2.05, 4.69) is 83.2 Å². The van der Waals surface area contributed by atoms with Crippen LogP contribution in [0.1, 0.15) is 130 Å². The van der Waals surface area contributed by atoms with Crippen LogP contribution < -0.4 is 139 Å². The van der Waals surface area contributed by atoms with Crippen LogP contribution in [0.3, 0.4) is 0 Å². The minimum atomic E-state index is -1.55. The Balaban J connectivity index is 7.37. The number of unbranched alkanes of at least 4 members (excludes halogenated alkanes) is 2. The quantitative estimate of drug-likeness (QED) is 0.0116. The molecule has 101 heavy (non-hydrogen) atoms. The number of nitrogens with zero attached hydrogens (tertiary/aromatic N) is 7. The zero-order valence-electron chi connectivity index (χ0n) is 58.1. The van der Waals surface area contributed by atoms with Gasteiger partial charge in [0.2, 0.25) is 59.1 Å². The standard InChI is InChI=1S/C57H114N32O12/c1-31(79-41(92)30-89(29-13-28-78-57(71)72)88-51(101)40(80-33(3)91)20-12-27-77-56(69)70)44(94)81-36(16-8-23-73-52(61)62)47(97)84-38(18-10-25-75-54(65)66)49(99)85-37(17-9-24-74-53(63)64)48(98)83-34(14-4-6-21-58)45(95)82-35(15-5-7-22-59)46(96)86-39(19-11-26-76-55(67)68)50(100)87-42(32(2)90)43(60)93/h31-32,34-40,42,90H,4-30,58-59H2,1-3H3,(H2,60,93)(H,79,92)(H,80,91)(H,81,94)(H,82,95)(H,83,98)(H,84,97)(H,85,99)(H,86,96)(H,87,100)(H,88,101)(H4,61,62,73)(H4,63,64,74)(H4,65,66,75)(H4,67,68,76)(H4,69,70,77)(H4,71,72,78)/t31-,32+,34-,35-,36-,37-,38-,39-,40-,42-/m0/s1. The van der Waals surface area contributed by atoms with E-state index in [-0.39, 0.29) is 191 Å². The molecule has 0 aliphatic carbocycles. The van der Waals surface area contributed by atoms with Crippen LogP contribution in [0, 0.1) is 0 Å². The fourth-order valence-electron chi connectivity index (χ4n) is 9.38. The zero-order valence-corrected chi connectivity index (χ0v) is 58.1. The lowest BCUT2D eigenvalue weighted by Crippen LogP contribution is -2.60. The minimum Gasteiger partial charge on any atom is -0.391 e. The van der Waals surface area contributed by atoms with Gasteiger partial charge in [-0.2, -0.15) is 0 Å². The molecule has 41 N–H and O–H groups in total. The van der Waals surface area contributed by atoms with Crippen LogP contribution in [0.2, 0.25) is 0 Å². The molecule has 44 nitrogen and oxygen atoms in total. The lowest BCUT2D eigenvalue weighted by Gasteiger charge is -2.28. The number of carbonyl (C=O) groups is 11. The molecule has 0 heterocycles. The van der Waals surface area contributed by atoms with E-state index < -0.39 is 132 Å². The van der Waals surface area contributed by atoms with Crippen LogP contribution in [0.15, 0.2) is 30.0 Å². The Morgan fingerprint density at radius 3 is 0.881 bits per heavy atom. The van der Waals surface area contributed by atoms with Crippen molar-refractivity contribution in [2.75, 3.05) is 65.4 Å². The molecule has 0 unspecified atom stereocenters. The lowest BCUT2D eigenvalue weighted by atomic mass is 10.0. The number of aliphatic hydroxyl groups is 1. The molecule has 44 heteroatoms. The van der Waals surface area contributed by atoms with Crippen LogP contribution in [0.5, 0.6) is 0 Å². The summed E-state index contributed by atoms with van der Waals surface area (Å²) >= 11 is 0. The zero-order chi connectivity index (χ0) is 76.6. The summed E-state index contributed by atoms with van der Waals surface area (Å²) in [6.07, 6.45) is 0.0194. The molecular formula is C57H114N32O12. The highest BCUT2D eigenvalue weighted by Gasteiger charge is 2.35. The Labute approximate surface area is 586 Å². The van der Waals surface area contributed by atoms with Gasteiger partial charge < -0.3 is 139 Å². The van der Waals surface area contributed by atoms with Crippen molar-refractivity contribution in [3.05, 3.63) is 0 Å². The minimum absolute atomic E-state index is 0.0144. The maximum atomic E-state index is 14.7. The molecule has 0 radical (unpaired) electrons. The summed E-state index contributed by atoms with van der Waals surface area (Å²) in [5.74, 6) is -10.9. The molecule has 574 valence electrons. The third kappa shape index (κ3) is 43.6. The SMILES string of the molecule is CC(=O)N[C@@H](CCCN=C(N)N)C(=O)NN(CCCN=C(N)N)CC(=O)N[C@@H](C)C(=O)N[C@@H](CCCN=C(N)N)C(=O)N[C@@H](CCCN=C(N)N)C(=O)N[C@@H](CCCN=C(N)N)C(=O)N[C@@H](CCCCN)C(=O)N[C@@H](CCCCN)C(=O)N[C@@H](CCCN=C(N)N)C(=O)N[C@H](C(N)=O)[C@@H](C)O. The van der Waals surface area contributed by atoms with E-state index in [4.69, 9.17) is 86.0 Å². The molecule has 0 rings (SSSR count). The molecule has 0 aliphatic rings. The molecule has 0 spiro atoms. The molecule has 0 aromatic rings. The molecule has 0 saturated carbocycles. The van der Waals surface area contributed by atoms with E-state index in [1.807, 2.05) is 0 Å². The number of hydrogen-bond donors (Lipinski definition) is 26. The number of rotatable bonds is 54. The van der Waals surface area contributed by atoms with E-state index in [1.165, 1.54) is 25.8 Å². The first-order valence-corrected chi connectivity index (χ1v) is 33.1. The van der Waals surface area contributed by atoms with Crippen molar-refractivity contribution in [1.29, 1.82) is 0 Å². The predicted octanol–water partition coefficient (Wildman–Crippen LogP) is -12.2. The van der Waals surface area contributed by atoms with Gasteiger partial charge in [0.05, 0.1) is 12.6 Å². The summed E-state index contributed by atoms with van der Waals surface area (Å²) in [4.78, 5) is 176. The number of aliphatic hydroxyl groups excluding tert-OH is 1. The highest BCUT2D eigenvalue weighted by molar-refractivity contribution is 5.98. The number of amides is 11. The number of guanidine groups is 6. The molecule has 0 bridgehead atoms. The fourth-order valence-corrected chi connectivity index (χ4v) is 9.38. The maximum Gasteiger partial charge on any atom is 0.256 e. The normalized spacial score (nSPS) is 13.8. The Hall–Kier alpha value is -10.4. The third-order valence-electron chi connectivity index (χ3n) is 14.5. The topological polar surface area (TPSA) is 796 Å². The number of primary amides is 1. The van der Waals surface area contributed by atoms with Crippen molar-refractivity contribution in [3.63, 3.8) is 0 Å². The first kappa shape index (κ1) is 90.6. The van der Waals surface area contributed by atoms with Gasteiger partial charge in [-0.15, -0.1) is 0 Å². The van der Waals surface area contributed by atoms with Crippen molar-refractivity contribution in [3.8, 4) is 0 Å². The monoisotopic (exact) mass is 1440 g/mol. The summed E-state index contributed by atoms with van der Waals surface area (Å²) < 4.78 is 0. The van der Waals surface area contributed by atoms with Crippen LogP contribution in [-0.2, 0) is 52.7 Å². The van der Waals surface area contributed by atoms with Gasteiger partial charge in [0.1, 0.15) is 54.4 Å². The molecule has 0 fully saturated rings. The third-order valence-corrected chi connectivity index (χ3v) is 14.5. The first-order chi connectivity index (χ1) is 47.6. The molecule has 0 aromatic heterocycles. The highest BCUT2D eigenvalue weighted by atomic mass is 16.3. The van der Waals surface area contributed by atoms with Crippen molar-refractivity contribution < 1.29 is 57.8 Å². The van der Waals surface area contributed by atoms with Gasteiger partial charge in [-0.25, -0.2) is 5.01 Å². The van der Waals surface area contributed by atoms with Crippen LogP contribution in [0.25, 0.3) is 0 Å². The van der Waals surface area contributed by atoms with Gasteiger partial charge in [-0.1, -0.05) is 0 Å². The van der Waals surface area contributed by atoms with Gasteiger partial charge in [0, 0.05) is 52.7 Å². The second kappa shape index (κ2) is 51.8. The average Bonchev–Trinajstić information content (AvgIpc) is 0.896. The van der Waals surface area contributed by atoms with E-state index in [9.17, 15) is 57.8 Å². The summed E-state index contributed by atoms with van der Waals surface area (Å²) in [6.45, 7) is 3.67. The molecule has 0 saturated heterocycles. The second-order valence-electron chi connectivity index (χ2n) is 23.4. The number of aliphatic imine (C=N–C) groups is 6. The Morgan fingerprint density at radius 1 is 0.347 bits per heavy atom. The lowest BCUT2D eigenvalue weighted by molar-refractivity contribution is -0.136. The maximum absolute atomic E-state index is 14.7. The van der Waals surface area contributed by atoms with Crippen LogP contribution >= 0.6 is 0 Å². The van der Waals surface area contributed by atoms with Crippen LogP contribution in [-0.4, -0.2) is 237 Å². The molecular weight excluding hydrogens is 1320 g/mol. The second-order valence-corrected chi connectivity index (χ2v) is 23.4. The Bertz CT molecular complexity index is 2800. The van der Waals surface area contributed by atoms with Gasteiger partial charge in [-0.05, 0) is 136 Å². The van der Waals surface area contributed by atoms with Gasteiger partial charge in [0.25, 0.3) is 5.91 Å². The van der Waals surface area contributed by atoms with Crippen LogP contribution in [0.4, 0.5) is 0 Å². The van der Waals surface area contributed by atoms with E-state index >= 15 is 0 Å². The first-order valence-electron chi connectivity index (χ1n) is 33.1. The fraction of sp³-hybridized carbons (Fsp3) is 0.702. The number of hydrogen-bond acceptors (Lipinski definition) is 21. The Morgan fingerprint density at radius 2 is 0.614 bits per heavy atom. The highest BCUT2D eigenvalue weighted by Crippen LogP contribution is 2.12. The Kier molecular flexibility index (Phi) is 46.4. The molecule has 0 aliphatic heterocycles. The smallest absolute Gasteiger partial charge is 0.256 e. The van der Waals surface area contributed by atoms with Crippen molar-refractivity contribution in [1.82, 2.24) is 58.3 Å². The number of nitrogens with one attached hydrogen (secondary N) is 10. The van der Waals surface area contributed by atoms with Gasteiger partial charge in [-0.3, -0.25) is 88.1 Å². The average molecular weight is 1440 g/mol. The number of hydrazine groups is 1. The predicted molar refractivity (Wildman–Crippen MR) is 380 cm³/mol. The molecule has 0 aromatic carbocycles. The van der Waals surface area contributed by atoms with Crippen molar-refractivity contribution >= 4 is 101 Å². The van der Waals surface area contributed by atoms with Gasteiger partial charge >= 0.3 is 0 Å². The largest absolute Gasteiger partial charge is 0.391 e. The van der Waals surface area contributed by atoms with E-state index in [0.29, 0.717) is 12.8 Å².